The molecule has 26 heavy (non-hydrogen) atoms. The quantitative estimate of drug-likeness (QED) is 0.782. The third-order valence-corrected chi connectivity index (χ3v) is 6.17. The molecule has 0 saturated heterocycles. The zero-order chi connectivity index (χ0) is 19.3. The normalized spacial score (nSPS) is 12.8. The van der Waals surface area contributed by atoms with Crippen LogP contribution in [0.15, 0.2) is 53.4 Å². The molecular formula is C19H23ClN2O3S. The minimum atomic E-state index is -3.43. The van der Waals surface area contributed by atoms with E-state index >= 15 is 0 Å². The predicted molar refractivity (Wildman–Crippen MR) is 104 cm³/mol. The number of sulfonamides is 1. The fraction of sp³-hybridized carbons (Fsp3) is 0.316. The molecule has 0 aliphatic rings. The Hall–Kier alpha value is -1.89. The summed E-state index contributed by atoms with van der Waals surface area (Å²) < 4.78 is 25.3. The number of carbonyl (C=O) groups excluding carboxylic acids is 1. The van der Waals surface area contributed by atoms with Crippen LogP contribution in [0.4, 0.5) is 0 Å². The number of amides is 1. The summed E-state index contributed by atoms with van der Waals surface area (Å²) in [7, 11) is -0.439. The number of benzene rings is 2. The van der Waals surface area contributed by atoms with Gasteiger partial charge in [0.05, 0.1) is 10.9 Å². The van der Waals surface area contributed by atoms with Gasteiger partial charge < -0.3 is 5.32 Å². The molecule has 0 radical (unpaired) electrons. The maximum Gasteiger partial charge on any atom is 0.242 e. The first-order valence-corrected chi connectivity index (χ1v) is 10.1. The molecule has 2 aromatic rings. The van der Waals surface area contributed by atoms with Crippen molar-refractivity contribution >= 4 is 27.5 Å². The first-order valence-electron chi connectivity index (χ1n) is 8.26. The van der Waals surface area contributed by atoms with E-state index in [1.165, 1.54) is 18.4 Å². The van der Waals surface area contributed by atoms with Crippen LogP contribution < -0.4 is 5.32 Å². The van der Waals surface area contributed by atoms with Gasteiger partial charge in [0.2, 0.25) is 15.9 Å². The Bertz CT molecular complexity index is 847. The molecule has 2 rings (SSSR count). The van der Waals surface area contributed by atoms with E-state index in [0.717, 1.165) is 11.1 Å². The molecule has 1 atom stereocenters. The molecule has 0 bridgehead atoms. The smallest absolute Gasteiger partial charge is 0.242 e. The van der Waals surface area contributed by atoms with Gasteiger partial charge in [-0.25, -0.2) is 12.7 Å². The largest absolute Gasteiger partial charge is 0.350 e. The molecule has 0 aliphatic carbocycles. The molecule has 5 nitrogen and oxygen atoms in total. The Morgan fingerprint density at radius 1 is 1.08 bits per heavy atom. The Morgan fingerprint density at radius 2 is 1.65 bits per heavy atom. The summed E-state index contributed by atoms with van der Waals surface area (Å²) in [5, 5.41) is 3.61. The number of rotatable bonds is 7. The van der Waals surface area contributed by atoms with E-state index in [4.69, 9.17) is 11.6 Å². The van der Waals surface area contributed by atoms with Gasteiger partial charge >= 0.3 is 0 Å². The second-order valence-corrected chi connectivity index (χ2v) is 8.86. The highest BCUT2D eigenvalue weighted by Crippen LogP contribution is 2.17. The van der Waals surface area contributed by atoms with E-state index in [9.17, 15) is 13.2 Å². The molecule has 0 spiro atoms. The van der Waals surface area contributed by atoms with Gasteiger partial charge in [0.1, 0.15) is 0 Å². The lowest BCUT2D eigenvalue weighted by atomic mass is 10.1. The summed E-state index contributed by atoms with van der Waals surface area (Å²) in [5.74, 6) is -0.0579. The van der Waals surface area contributed by atoms with Gasteiger partial charge in [-0.3, -0.25) is 4.79 Å². The monoisotopic (exact) mass is 394 g/mol. The molecule has 140 valence electrons. The maximum absolute atomic E-state index is 12.1. The van der Waals surface area contributed by atoms with E-state index in [1.807, 2.05) is 19.1 Å². The molecule has 0 aliphatic heterocycles. The van der Waals surface area contributed by atoms with Crippen LogP contribution in [-0.4, -0.2) is 32.7 Å². The average Bonchev–Trinajstić information content (AvgIpc) is 2.60. The van der Waals surface area contributed by atoms with Gasteiger partial charge in [-0.05, 0) is 48.7 Å². The number of carbonyl (C=O) groups is 1. The number of hydrogen-bond donors (Lipinski definition) is 1. The zero-order valence-corrected chi connectivity index (χ0v) is 16.6. The van der Waals surface area contributed by atoms with Gasteiger partial charge in [0.25, 0.3) is 0 Å². The summed E-state index contributed by atoms with van der Waals surface area (Å²) in [6.07, 6.45) is 0.874. The van der Waals surface area contributed by atoms with Gasteiger partial charge in [0.15, 0.2) is 0 Å². The second kappa shape index (κ2) is 8.66. The standard InChI is InChI=1S/C19H23ClN2O3S/c1-14(16-7-9-17(20)10-8-16)21-19(23)13-6-15-4-11-18(12-5-15)26(24,25)22(2)3/h4-5,7-12,14H,6,13H2,1-3H3,(H,21,23)/t14-/m0/s1. The van der Waals surface area contributed by atoms with E-state index < -0.39 is 10.0 Å². The SMILES string of the molecule is C[C@H](NC(=O)CCc1ccc(S(=O)(=O)N(C)C)cc1)c1ccc(Cl)cc1. The molecule has 1 N–H and O–H groups in total. The number of nitrogens with zero attached hydrogens (tertiary/aromatic N) is 1. The topological polar surface area (TPSA) is 66.5 Å². The van der Waals surface area contributed by atoms with Crippen LogP contribution in [0, 0.1) is 0 Å². The van der Waals surface area contributed by atoms with E-state index in [2.05, 4.69) is 5.32 Å². The second-order valence-electron chi connectivity index (χ2n) is 6.27. The van der Waals surface area contributed by atoms with Crippen LogP contribution in [0.2, 0.25) is 5.02 Å². The van der Waals surface area contributed by atoms with Crippen LogP contribution in [0.25, 0.3) is 0 Å². The molecule has 0 unspecified atom stereocenters. The summed E-state index contributed by atoms with van der Waals surface area (Å²) in [5.41, 5.74) is 1.90. The minimum Gasteiger partial charge on any atom is -0.350 e. The number of aryl methyl sites for hydroxylation is 1. The maximum atomic E-state index is 12.1. The third-order valence-electron chi connectivity index (χ3n) is 4.09. The summed E-state index contributed by atoms with van der Waals surface area (Å²) in [4.78, 5) is 12.4. The summed E-state index contributed by atoms with van der Waals surface area (Å²) >= 11 is 5.87. The Morgan fingerprint density at radius 3 is 2.19 bits per heavy atom. The molecule has 0 fully saturated rings. The molecule has 7 heteroatoms. The average molecular weight is 395 g/mol. The van der Waals surface area contributed by atoms with Crippen LogP contribution in [-0.2, 0) is 21.2 Å². The molecule has 1 amide bonds. The van der Waals surface area contributed by atoms with Gasteiger partial charge in [-0.1, -0.05) is 35.9 Å². The Balaban J connectivity index is 1.90. The van der Waals surface area contributed by atoms with Gasteiger partial charge in [0, 0.05) is 25.5 Å². The highest BCUT2D eigenvalue weighted by atomic mass is 35.5. The summed E-state index contributed by atoms with van der Waals surface area (Å²) in [6, 6.07) is 13.9. The van der Waals surface area contributed by atoms with Crippen LogP contribution in [0.5, 0.6) is 0 Å². The summed E-state index contributed by atoms with van der Waals surface area (Å²) in [6.45, 7) is 1.92. The number of nitrogens with one attached hydrogen (secondary N) is 1. The van der Waals surface area contributed by atoms with Crippen molar-refractivity contribution in [3.05, 3.63) is 64.7 Å². The first kappa shape index (κ1) is 20.4. The predicted octanol–water partition coefficient (Wildman–Crippen LogP) is 3.40. The first-order chi connectivity index (χ1) is 12.2. The third kappa shape index (κ3) is 5.30. The fourth-order valence-electron chi connectivity index (χ4n) is 2.45. The van der Waals surface area contributed by atoms with Crippen LogP contribution >= 0.6 is 11.6 Å². The molecule has 0 saturated carbocycles. The highest BCUT2D eigenvalue weighted by molar-refractivity contribution is 7.89. The lowest BCUT2D eigenvalue weighted by Gasteiger charge is -2.14. The molecule has 0 aromatic heterocycles. The van der Waals surface area contributed by atoms with Crippen LogP contribution in [0.1, 0.15) is 30.5 Å². The van der Waals surface area contributed by atoms with Crippen molar-refractivity contribution in [3.63, 3.8) is 0 Å². The molecule has 2 aromatic carbocycles. The number of halogens is 1. The molecule has 0 heterocycles. The van der Waals surface area contributed by atoms with E-state index in [1.54, 1.807) is 36.4 Å². The van der Waals surface area contributed by atoms with E-state index in [0.29, 0.717) is 17.9 Å². The van der Waals surface area contributed by atoms with Crippen LogP contribution in [0.3, 0.4) is 0 Å². The van der Waals surface area contributed by atoms with Crippen molar-refractivity contribution in [2.75, 3.05) is 14.1 Å². The van der Waals surface area contributed by atoms with Crippen molar-refractivity contribution in [3.8, 4) is 0 Å². The van der Waals surface area contributed by atoms with Crippen molar-refractivity contribution in [2.24, 2.45) is 0 Å². The Labute approximate surface area is 160 Å². The lowest BCUT2D eigenvalue weighted by molar-refractivity contribution is -0.121. The minimum absolute atomic E-state index is 0.0579. The molecular weight excluding hydrogens is 372 g/mol. The lowest BCUT2D eigenvalue weighted by Crippen LogP contribution is -2.26. The van der Waals surface area contributed by atoms with E-state index in [-0.39, 0.29) is 16.8 Å². The number of hydrogen-bond acceptors (Lipinski definition) is 3. The highest BCUT2D eigenvalue weighted by Gasteiger charge is 2.16. The van der Waals surface area contributed by atoms with Gasteiger partial charge in [-0.15, -0.1) is 0 Å². The van der Waals surface area contributed by atoms with Gasteiger partial charge in [-0.2, -0.15) is 0 Å². The fourth-order valence-corrected chi connectivity index (χ4v) is 3.47. The van der Waals surface area contributed by atoms with Crippen molar-refractivity contribution in [1.29, 1.82) is 0 Å². The zero-order valence-electron chi connectivity index (χ0n) is 15.1. The van der Waals surface area contributed by atoms with Crippen molar-refractivity contribution in [2.45, 2.75) is 30.7 Å². The van der Waals surface area contributed by atoms with Crippen molar-refractivity contribution in [1.82, 2.24) is 9.62 Å². The Kier molecular flexibility index (Phi) is 6.81. The van der Waals surface area contributed by atoms with Crippen molar-refractivity contribution < 1.29 is 13.2 Å².